The van der Waals surface area contributed by atoms with Crippen molar-refractivity contribution in [3.8, 4) is 0 Å². The molecule has 2 rings (SSSR count). The van der Waals surface area contributed by atoms with Gasteiger partial charge in [0.25, 0.3) is 0 Å². The third kappa shape index (κ3) is 6.19. The minimum atomic E-state index is -3.12. The fraction of sp³-hybridized carbons (Fsp3) is 0.867. The van der Waals surface area contributed by atoms with Crippen molar-refractivity contribution in [3.05, 3.63) is 11.7 Å². The van der Waals surface area contributed by atoms with E-state index in [4.69, 9.17) is 4.52 Å². The van der Waals surface area contributed by atoms with E-state index in [0.29, 0.717) is 30.6 Å². The lowest BCUT2D eigenvalue weighted by atomic mass is 10.1. The fourth-order valence-corrected chi connectivity index (χ4v) is 4.18. The molecule has 0 atom stereocenters. The maximum atomic E-state index is 11.8. The summed E-state index contributed by atoms with van der Waals surface area (Å²) in [5, 5.41) is 4.03. The summed E-state index contributed by atoms with van der Waals surface area (Å²) in [6.07, 6.45) is 3.08. The minimum absolute atomic E-state index is 0.0459. The number of likely N-dealkylation sites (tertiary alicyclic amines) is 1. The van der Waals surface area contributed by atoms with Crippen molar-refractivity contribution in [3.63, 3.8) is 0 Å². The van der Waals surface area contributed by atoms with Crippen LogP contribution in [-0.4, -0.2) is 48.3 Å². The Morgan fingerprint density at radius 3 is 2.65 bits per heavy atom. The molecule has 1 N–H and O–H groups in total. The van der Waals surface area contributed by atoms with Crippen LogP contribution in [0.15, 0.2) is 4.52 Å². The normalized spacial score (nSPS) is 17.9. The number of hydrogen-bond acceptors (Lipinski definition) is 6. The Kier molecular flexibility index (Phi) is 6.55. The molecule has 23 heavy (non-hydrogen) atoms. The highest BCUT2D eigenvalue weighted by molar-refractivity contribution is 7.89. The van der Waals surface area contributed by atoms with Crippen LogP contribution in [0.25, 0.3) is 0 Å². The van der Waals surface area contributed by atoms with Crippen LogP contribution in [-0.2, 0) is 23.0 Å². The molecule has 1 fully saturated rings. The first-order chi connectivity index (χ1) is 10.9. The molecule has 0 aliphatic carbocycles. The summed E-state index contributed by atoms with van der Waals surface area (Å²) in [5.41, 5.74) is 0. The highest BCUT2D eigenvalue weighted by Gasteiger charge is 2.24. The topological polar surface area (TPSA) is 88.3 Å². The molecule has 0 radical (unpaired) electrons. The summed E-state index contributed by atoms with van der Waals surface area (Å²) >= 11 is 0. The molecule has 1 saturated heterocycles. The van der Waals surface area contributed by atoms with E-state index >= 15 is 0 Å². The van der Waals surface area contributed by atoms with Gasteiger partial charge in [0.1, 0.15) is 0 Å². The molecular formula is C15H28N4O3S. The summed E-state index contributed by atoms with van der Waals surface area (Å²) in [4.78, 5) is 6.66. The van der Waals surface area contributed by atoms with E-state index in [0.717, 1.165) is 32.4 Å². The highest BCUT2D eigenvalue weighted by atomic mass is 32.2. The van der Waals surface area contributed by atoms with Gasteiger partial charge in [-0.3, -0.25) is 4.90 Å². The van der Waals surface area contributed by atoms with Gasteiger partial charge in [0, 0.05) is 25.6 Å². The van der Waals surface area contributed by atoms with Crippen LogP contribution in [0.2, 0.25) is 0 Å². The van der Waals surface area contributed by atoms with Crippen LogP contribution in [0.3, 0.4) is 0 Å². The lowest BCUT2D eigenvalue weighted by Gasteiger charge is -2.31. The van der Waals surface area contributed by atoms with Crippen LogP contribution in [0.1, 0.15) is 51.7 Å². The lowest BCUT2D eigenvalue weighted by molar-refractivity contribution is 0.193. The zero-order valence-electron chi connectivity index (χ0n) is 14.3. The summed E-state index contributed by atoms with van der Waals surface area (Å²) in [5.74, 6) is 2.10. The van der Waals surface area contributed by atoms with Gasteiger partial charge in [0.05, 0.1) is 12.3 Å². The average molecular weight is 344 g/mol. The molecule has 7 nitrogen and oxygen atoms in total. The van der Waals surface area contributed by atoms with Gasteiger partial charge in [-0.25, -0.2) is 13.1 Å². The molecule has 8 heteroatoms. The van der Waals surface area contributed by atoms with Crippen molar-refractivity contribution in [2.75, 3.05) is 18.8 Å². The first-order valence-electron chi connectivity index (χ1n) is 8.41. The van der Waals surface area contributed by atoms with Crippen molar-refractivity contribution in [1.29, 1.82) is 0 Å². The number of nitrogens with zero attached hydrogens (tertiary/aromatic N) is 3. The molecule has 1 aliphatic heterocycles. The molecule has 0 amide bonds. The summed E-state index contributed by atoms with van der Waals surface area (Å²) in [6.45, 7) is 8.46. The first kappa shape index (κ1) is 18.4. The largest absolute Gasteiger partial charge is 0.339 e. The Labute approximate surface area is 138 Å². The van der Waals surface area contributed by atoms with E-state index in [9.17, 15) is 8.42 Å². The Bertz CT molecular complexity index is 577. The second-order valence-electron chi connectivity index (χ2n) is 6.69. The predicted molar refractivity (Wildman–Crippen MR) is 88.4 cm³/mol. The maximum absolute atomic E-state index is 11.8. The van der Waals surface area contributed by atoms with Crippen molar-refractivity contribution in [2.24, 2.45) is 5.92 Å². The average Bonchev–Trinajstić information content (AvgIpc) is 2.87. The number of aromatic nitrogens is 2. The number of sulfonamides is 1. The Morgan fingerprint density at radius 2 is 2.04 bits per heavy atom. The Morgan fingerprint density at radius 1 is 1.35 bits per heavy atom. The van der Waals surface area contributed by atoms with Crippen molar-refractivity contribution in [2.45, 2.75) is 59.0 Å². The van der Waals surface area contributed by atoms with Crippen LogP contribution in [0, 0.1) is 5.92 Å². The van der Waals surface area contributed by atoms with E-state index in [1.807, 2.05) is 6.92 Å². The summed E-state index contributed by atoms with van der Waals surface area (Å²) < 4.78 is 31.7. The molecule has 0 aromatic carbocycles. The molecule has 0 spiro atoms. The van der Waals surface area contributed by atoms with E-state index in [-0.39, 0.29) is 11.8 Å². The lowest BCUT2D eigenvalue weighted by Crippen LogP contribution is -2.45. The third-order valence-electron chi connectivity index (χ3n) is 3.86. The van der Waals surface area contributed by atoms with Crippen molar-refractivity contribution in [1.82, 2.24) is 19.8 Å². The zero-order valence-corrected chi connectivity index (χ0v) is 15.1. The van der Waals surface area contributed by atoms with Crippen LogP contribution >= 0.6 is 0 Å². The Hall–Kier alpha value is -0.990. The highest BCUT2D eigenvalue weighted by Crippen LogP contribution is 2.14. The van der Waals surface area contributed by atoms with Gasteiger partial charge in [-0.15, -0.1) is 0 Å². The van der Waals surface area contributed by atoms with Gasteiger partial charge in [0.2, 0.25) is 15.9 Å². The molecule has 132 valence electrons. The van der Waals surface area contributed by atoms with E-state index in [1.165, 1.54) is 0 Å². The second kappa shape index (κ2) is 8.21. The Balaban J connectivity index is 1.77. The zero-order chi connectivity index (χ0) is 16.9. The molecule has 0 saturated carbocycles. The van der Waals surface area contributed by atoms with Gasteiger partial charge in [-0.1, -0.05) is 25.9 Å². The first-order valence-corrected chi connectivity index (χ1v) is 10.1. The van der Waals surface area contributed by atoms with E-state index in [2.05, 4.69) is 33.6 Å². The minimum Gasteiger partial charge on any atom is -0.339 e. The van der Waals surface area contributed by atoms with Crippen molar-refractivity contribution >= 4 is 10.0 Å². The number of hydrogen-bond donors (Lipinski definition) is 1. The van der Waals surface area contributed by atoms with Crippen molar-refractivity contribution < 1.29 is 12.9 Å². The van der Waals surface area contributed by atoms with Gasteiger partial charge in [0.15, 0.2) is 5.82 Å². The van der Waals surface area contributed by atoms with Crippen LogP contribution < -0.4 is 4.72 Å². The third-order valence-corrected chi connectivity index (χ3v) is 5.50. The monoisotopic (exact) mass is 344 g/mol. The second-order valence-corrected chi connectivity index (χ2v) is 8.56. The predicted octanol–water partition coefficient (Wildman–Crippen LogP) is 1.56. The number of rotatable bonds is 8. The molecule has 0 bridgehead atoms. The molecule has 0 unspecified atom stereocenters. The smallest absolute Gasteiger partial charge is 0.226 e. The fourth-order valence-electron chi connectivity index (χ4n) is 2.78. The van der Waals surface area contributed by atoms with E-state index < -0.39 is 10.0 Å². The molecular weight excluding hydrogens is 316 g/mol. The maximum Gasteiger partial charge on any atom is 0.226 e. The van der Waals surface area contributed by atoms with Crippen LogP contribution in [0.5, 0.6) is 0 Å². The van der Waals surface area contributed by atoms with Gasteiger partial charge < -0.3 is 4.52 Å². The number of piperidine rings is 1. The van der Waals surface area contributed by atoms with E-state index in [1.54, 1.807) is 0 Å². The molecule has 1 aromatic heterocycles. The molecule has 1 aliphatic rings. The number of nitrogens with one attached hydrogen (secondary N) is 1. The van der Waals surface area contributed by atoms with Gasteiger partial charge >= 0.3 is 0 Å². The molecule has 1 aromatic rings. The van der Waals surface area contributed by atoms with Gasteiger partial charge in [-0.05, 0) is 25.2 Å². The molecule has 2 heterocycles. The standard InChI is InChI=1S/C15H28N4O3S/c1-4-9-23(20,21)18-13-5-7-19(8-6-13)11-14-16-15(22-17-14)10-12(2)3/h12-13,18H,4-11H2,1-3H3. The van der Waals surface area contributed by atoms with Gasteiger partial charge in [-0.2, -0.15) is 4.98 Å². The van der Waals surface area contributed by atoms with Crippen LogP contribution in [0.4, 0.5) is 0 Å². The summed E-state index contributed by atoms with van der Waals surface area (Å²) in [7, 11) is -3.12. The quantitative estimate of drug-likeness (QED) is 0.770. The summed E-state index contributed by atoms with van der Waals surface area (Å²) in [6, 6.07) is 0.0459. The SMILES string of the molecule is CCCS(=O)(=O)NC1CCN(Cc2noc(CC(C)C)n2)CC1.